The number of rotatable bonds is 10. The minimum atomic E-state index is -3.31. The number of thiazole rings is 1. The molecule has 1 atom stereocenters. The van der Waals surface area contributed by atoms with Gasteiger partial charge in [0, 0.05) is 18.4 Å². The van der Waals surface area contributed by atoms with Crippen molar-refractivity contribution >= 4 is 32.9 Å². The van der Waals surface area contributed by atoms with Gasteiger partial charge >= 0.3 is 5.97 Å². The Balaban J connectivity index is 1.48. The molecule has 0 unspecified atom stereocenters. The second-order valence-electron chi connectivity index (χ2n) is 9.00. The molecule has 0 spiro atoms. The standard InChI is InChI=1S/C26H28N2O6S2/c1-33-26(30)19-12-20(15-27-14-19)34-25-16-28-24(35-25)13-23(29)22(11-17-5-3-4-6-17)18-7-9-21(10-8-18)36(2,31)32/h7-10,12,14-17,22H,3-6,11,13H2,1-2H3/t22-/m1/s1. The first-order chi connectivity index (χ1) is 17.2. The highest BCUT2D eigenvalue weighted by molar-refractivity contribution is 7.90. The second kappa shape index (κ2) is 11.3. The zero-order chi connectivity index (χ0) is 25.7. The van der Waals surface area contributed by atoms with E-state index in [0.29, 0.717) is 21.7 Å². The number of hydrogen-bond acceptors (Lipinski definition) is 9. The zero-order valence-corrected chi connectivity index (χ0v) is 21.8. The zero-order valence-electron chi connectivity index (χ0n) is 20.2. The summed E-state index contributed by atoms with van der Waals surface area (Å²) in [6.45, 7) is 0. The van der Waals surface area contributed by atoms with Crippen LogP contribution in [0, 0.1) is 5.92 Å². The highest BCUT2D eigenvalue weighted by atomic mass is 32.2. The quantitative estimate of drug-likeness (QED) is 0.338. The van der Waals surface area contributed by atoms with Crippen LogP contribution in [-0.2, 0) is 25.8 Å². The van der Waals surface area contributed by atoms with E-state index < -0.39 is 15.8 Å². The fourth-order valence-electron chi connectivity index (χ4n) is 4.50. The number of aromatic nitrogens is 2. The summed E-state index contributed by atoms with van der Waals surface area (Å²) < 4.78 is 34.2. The van der Waals surface area contributed by atoms with Crippen molar-refractivity contribution < 1.29 is 27.5 Å². The van der Waals surface area contributed by atoms with Crippen LogP contribution in [0.5, 0.6) is 10.8 Å². The van der Waals surface area contributed by atoms with Gasteiger partial charge in [0.25, 0.3) is 0 Å². The smallest absolute Gasteiger partial charge is 0.339 e. The normalized spacial score (nSPS) is 14.9. The maximum atomic E-state index is 13.4. The largest absolute Gasteiger partial charge is 0.465 e. The van der Waals surface area contributed by atoms with E-state index in [0.717, 1.165) is 24.8 Å². The number of nitrogens with zero attached hydrogens (tertiary/aromatic N) is 2. The Morgan fingerprint density at radius 2 is 1.83 bits per heavy atom. The van der Waals surface area contributed by atoms with E-state index in [1.807, 2.05) is 0 Å². The molecule has 1 fully saturated rings. The number of sulfone groups is 1. The van der Waals surface area contributed by atoms with Gasteiger partial charge in [-0.1, -0.05) is 49.2 Å². The van der Waals surface area contributed by atoms with Gasteiger partial charge < -0.3 is 9.47 Å². The lowest BCUT2D eigenvalue weighted by atomic mass is 9.84. The van der Waals surface area contributed by atoms with Crippen LogP contribution in [0.25, 0.3) is 0 Å². The number of carbonyl (C=O) groups is 2. The molecule has 3 aromatic rings. The Kier molecular flexibility index (Phi) is 8.15. The van der Waals surface area contributed by atoms with Crippen molar-refractivity contribution in [2.45, 2.75) is 49.3 Å². The van der Waals surface area contributed by atoms with Crippen LogP contribution in [0.3, 0.4) is 0 Å². The predicted octanol–water partition coefficient (Wildman–Crippen LogP) is 5.00. The molecular formula is C26H28N2O6S2. The molecule has 1 aliphatic rings. The third-order valence-corrected chi connectivity index (χ3v) is 8.36. The minimum absolute atomic E-state index is 0.0456. The minimum Gasteiger partial charge on any atom is -0.465 e. The molecule has 36 heavy (non-hydrogen) atoms. The van der Waals surface area contributed by atoms with Crippen LogP contribution in [0.4, 0.5) is 0 Å². The first-order valence-electron chi connectivity index (χ1n) is 11.7. The summed E-state index contributed by atoms with van der Waals surface area (Å²) in [6, 6.07) is 8.19. The lowest BCUT2D eigenvalue weighted by Gasteiger charge is -2.20. The summed E-state index contributed by atoms with van der Waals surface area (Å²) in [5.74, 6) is 0.0596. The van der Waals surface area contributed by atoms with Gasteiger partial charge in [0.15, 0.2) is 9.84 Å². The number of hydrogen-bond donors (Lipinski definition) is 0. The molecule has 190 valence electrons. The maximum absolute atomic E-state index is 13.4. The van der Waals surface area contributed by atoms with E-state index >= 15 is 0 Å². The molecule has 0 bridgehead atoms. The van der Waals surface area contributed by atoms with E-state index in [4.69, 9.17) is 9.47 Å². The first kappa shape index (κ1) is 26.0. The van der Waals surface area contributed by atoms with Gasteiger partial charge in [0.1, 0.15) is 16.5 Å². The summed E-state index contributed by atoms with van der Waals surface area (Å²) in [5.41, 5.74) is 1.10. The number of methoxy groups -OCH3 is 1. The van der Waals surface area contributed by atoms with Crippen molar-refractivity contribution in [1.29, 1.82) is 0 Å². The van der Waals surface area contributed by atoms with E-state index in [1.54, 1.807) is 30.5 Å². The lowest BCUT2D eigenvalue weighted by molar-refractivity contribution is -0.120. The van der Waals surface area contributed by atoms with Gasteiger partial charge in [-0.15, -0.1) is 0 Å². The maximum Gasteiger partial charge on any atom is 0.339 e. The Morgan fingerprint density at radius 1 is 1.11 bits per heavy atom. The Hall–Kier alpha value is -3.11. The fraction of sp³-hybridized carbons (Fsp3) is 0.385. The number of ether oxygens (including phenoxy) is 2. The molecular weight excluding hydrogens is 500 g/mol. The van der Waals surface area contributed by atoms with Gasteiger partial charge in [-0.25, -0.2) is 18.2 Å². The summed E-state index contributed by atoms with van der Waals surface area (Å²) in [4.78, 5) is 33.8. The number of carbonyl (C=O) groups excluding carboxylic acids is 2. The summed E-state index contributed by atoms with van der Waals surface area (Å²) >= 11 is 1.26. The van der Waals surface area contributed by atoms with Crippen LogP contribution in [-0.4, -0.2) is 43.5 Å². The molecule has 0 radical (unpaired) electrons. The summed E-state index contributed by atoms with van der Waals surface area (Å²) in [6.07, 6.45) is 11.1. The van der Waals surface area contributed by atoms with E-state index in [9.17, 15) is 18.0 Å². The third-order valence-electron chi connectivity index (χ3n) is 6.35. The Labute approximate surface area is 214 Å². The highest BCUT2D eigenvalue weighted by Gasteiger charge is 2.27. The van der Waals surface area contributed by atoms with Gasteiger partial charge in [-0.05, 0) is 36.1 Å². The monoisotopic (exact) mass is 528 g/mol. The molecule has 4 rings (SSSR count). The molecule has 0 saturated heterocycles. The van der Waals surface area contributed by atoms with Crippen LogP contribution in [0.2, 0.25) is 0 Å². The van der Waals surface area contributed by atoms with Crippen molar-refractivity contribution in [1.82, 2.24) is 9.97 Å². The Bertz CT molecular complexity index is 1330. The number of Topliss-reactive ketones (excluding diaryl/α,β-unsaturated/α-hetero) is 1. The SMILES string of the molecule is COC(=O)c1cncc(Oc2cnc(CC(=O)[C@H](CC3CCCC3)c3ccc(S(C)(=O)=O)cc3)s2)c1. The molecule has 0 N–H and O–H groups in total. The Morgan fingerprint density at radius 3 is 2.50 bits per heavy atom. The molecule has 0 aliphatic heterocycles. The molecule has 1 aliphatic carbocycles. The molecule has 2 aromatic heterocycles. The van der Waals surface area contributed by atoms with E-state index in [1.165, 1.54) is 56.0 Å². The predicted molar refractivity (Wildman–Crippen MR) is 135 cm³/mol. The number of ketones is 1. The average molecular weight is 529 g/mol. The second-order valence-corrected chi connectivity index (χ2v) is 12.1. The lowest BCUT2D eigenvalue weighted by Crippen LogP contribution is -2.18. The number of esters is 1. The van der Waals surface area contributed by atoms with Gasteiger partial charge in [0.2, 0.25) is 5.06 Å². The van der Waals surface area contributed by atoms with Crippen LogP contribution >= 0.6 is 11.3 Å². The highest BCUT2D eigenvalue weighted by Crippen LogP contribution is 2.36. The number of pyridine rings is 1. The van der Waals surface area contributed by atoms with Crippen molar-refractivity contribution in [3.05, 3.63) is 65.1 Å². The van der Waals surface area contributed by atoms with E-state index in [2.05, 4.69) is 9.97 Å². The van der Waals surface area contributed by atoms with Gasteiger partial charge in [-0.3, -0.25) is 9.78 Å². The van der Waals surface area contributed by atoms with Gasteiger partial charge in [0.05, 0.1) is 36.4 Å². The summed E-state index contributed by atoms with van der Waals surface area (Å²) in [5, 5.41) is 1.10. The molecule has 10 heteroatoms. The number of benzene rings is 1. The van der Waals surface area contributed by atoms with Gasteiger partial charge in [-0.2, -0.15) is 0 Å². The third kappa shape index (κ3) is 6.55. The van der Waals surface area contributed by atoms with Crippen molar-refractivity contribution in [3.8, 4) is 10.8 Å². The average Bonchev–Trinajstić information content (AvgIpc) is 3.54. The molecule has 1 aromatic carbocycles. The van der Waals surface area contributed by atoms with Crippen LogP contribution in [0.15, 0.2) is 53.8 Å². The van der Waals surface area contributed by atoms with Crippen LogP contribution < -0.4 is 4.74 Å². The van der Waals surface area contributed by atoms with Crippen LogP contribution in [0.1, 0.15) is 59.0 Å². The molecule has 8 nitrogen and oxygen atoms in total. The van der Waals surface area contributed by atoms with Crippen molar-refractivity contribution in [2.24, 2.45) is 5.92 Å². The first-order valence-corrected chi connectivity index (χ1v) is 14.4. The topological polar surface area (TPSA) is 113 Å². The fourth-order valence-corrected chi connectivity index (χ4v) is 5.92. The molecule has 1 saturated carbocycles. The van der Waals surface area contributed by atoms with Crippen molar-refractivity contribution in [2.75, 3.05) is 13.4 Å². The van der Waals surface area contributed by atoms with Crippen molar-refractivity contribution in [3.63, 3.8) is 0 Å². The molecule has 0 amide bonds. The summed E-state index contributed by atoms with van der Waals surface area (Å²) in [7, 11) is -2.01. The molecule has 2 heterocycles. The van der Waals surface area contributed by atoms with E-state index in [-0.39, 0.29) is 28.6 Å².